The first-order valence-electron chi connectivity index (χ1n) is 8.66. The number of benzene rings is 3. The van der Waals surface area contributed by atoms with Crippen LogP contribution in [-0.4, -0.2) is 10.2 Å². The van der Waals surface area contributed by atoms with Gasteiger partial charge in [-0.3, -0.25) is 0 Å². The van der Waals surface area contributed by atoms with Gasteiger partial charge < -0.3 is 10.1 Å². The first-order chi connectivity index (χ1) is 13.2. The molecule has 1 heterocycles. The molecule has 0 bridgehead atoms. The maximum absolute atomic E-state index is 6.17. The summed E-state index contributed by atoms with van der Waals surface area (Å²) < 4.78 is 5.84. The van der Waals surface area contributed by atoms with E-state index in [2.05, 4.69) is 15.5 Å². The Labute approximate surface area is 162 Å². The lowest BCUT2D eigenvalue weighted by Gasteiger charge is -2.12. The molecule has 1 aromatic heterocycles. The number of halogens is 1. The third-order valence-corrected chi connectivity index (χ3v) is 4.69. The molecule has 4 rings (SSSR count). The molecule has 4 aromatic rings. The smallest absolute Gasteiger partial charge is 0.119 e. The maximum Gasteiger partial charge on any atom is 0.119 e. The Hall–Kier alpha value is -3.11. The highest BCUT2D eigenvalue weighted by atomic mass is 35.5. The fraction of sp³-hybridized carbons (Fsp3) is 0.0909. The minimum atomic E-state index is 0.435. The number of anilines is 2. The summed E-state index contributed by atoms with van der Waals surface area (Å²) in [7, 11) is 0. The monoisotopic (exact) mass is 375 g/mol. The second-order valence-corrected chi connectivity index (χ2v) is 6.61. The number of nitrogens with one attached hydrogen (secondary N) is 1. The molecule has 0 aliphatic heterocycles. The third kappa shape index (κ3) is 3.86. The molecular formula is C22H18ClN3O. The van der Waals surface area contributed by atoms with Crippen LogP contribution < -0.4 is 10.1 Å². The Kier molecular flexibility index (Phi) is 4.90. The number of aryl methyl sites for hydroxylation is 1. The van der Waals surface area contributed by atoms with Crippen molar-refractivity contribution >= 4 is 33.9 Å². The van der Waals surface area contributed by atoms with Gasteiger partial charge in [0, 0.05) is 21.7 Å². The maximum atomic E-state index is 6.17. The van der Waals surface area contributed by atoms with E-state index in [-0.39, 0.29) is 0 Å². The highest BCUT2D eigenvalue weighted by Gasteiger charge is 2.08. The number of hydrogen-bond acceptors (Lipinski definition) is 4. The van der Waals surface area contributed by atoms with E-state index in [0.717, 1.165) is 39.3 Å². The largest absolute Gasteiger partial charge is 0.489 e. The van der Waals surface area contributed by atoms with Gasteiger partial charge in [-0.15, -0.1) is 0 Å². The molecule has 1 N–H and O–H groups in total. The van der Waals surface area contributed by atoms with Gasteiger partial charge in [0.2, 0.25) is 0 Å². The summed E-state index contributed by atoms with van der Waals surface area (Å²) in [5, 5.41) is 13.7. The Morgan fingerprint density at radius 3 is 2.44 bits per heavy atom. The minimum absolute atomic E-state index is 0.435. The molecule has 0 unspecified atom stereocenters. The van der Waals surface area contributed by atoms with Crippen LogP contribution in [0.4, 0.5) is 11.4 Å². The lowest BCUT2D eigenvalue weighted by molar-refractivity contribution is 0.306. The minimum Gasteiger partial charge on any atom is -0.489 e. The average Bonchev–Trinajstić information content (AvgIpc) is 2.70. The van der Waals surface area contributed by atoms with Crippen molar-refractivity contribution in [3.05, 3.63) is 89.1 Å². The van der Waals surface area contributed by atoms with Gasteiger partial charge in [0.05, 0.1) is 16.9 Å². The molecule has 4 nitrogen and oxygen atoms in total. The fourth-order valence-corrected chi connectivity index (χ4v) is 3.05. The normalized spacial score (nSPS) is 10.7. The van der Waals surface area contributed by atoms with E-state index in [1.54, 1.807) is 0 Å². The molecule has 0 atom stereocenters. The zero-order valence-corrected chi connectivity index (χ0v) is 15.6. The van der Waals surface area contributed by atoms with E-state index in [9.17, 15) is 0 Å². The number of fused-ring (bicyclic) bond motifs is 1. The van der Waals surface area contributed by atoms with Gasteiger partial charge in [-0.25, -0.2) is 0 Å². The van der Waals surface area contributed by atoms with Crippen molar-refractivity contribution < 1.29 is 4.74 Å². The summed E-state index contributed by atoms with van der Waals surface area (Å²) in [5.41, 5.74) is 4.61. The molecule has 0 saturated carbocycles. The molecule has 5 heteroatoms. The standard InChI is InChI=1S/C22H18ClN3O/c1-15-22(19-7-3-5-9-21(19)26-25-15)24-17-10-12-18(13-11-17)27-14-16-6-2-4-8-20(16)23/h2-13H,14H2,1H3,(H,24,26). The number of rotatable bonds is 5. The number of hydrogen-bond donors (Lipinski definition) is 1. The molecule has 0 radical (unpaired) electrons. The van der Waals surface area contributed by atoms with Crippen LogP contribution in [-0.2, 0) is 6.61 Å². The summed E-state index contributed by atoms with van der Waals surface area (Å²) in [6.07, 6.45) is 0. The van der Waals surface area contributed by atoms with Crippen molar-refractivity contribution in [3.8, 4) is 5.75 Å². The van der Waals surface area contributed by atoms with Gasteiger partial charge in [0.25, 0.3) is 0 Å². The van der Waals surface area contributed by atoms with Gasteiger partial charge in [0.15, 0.2) is 0 Å². The third-order valence-electron chi connectivity index (χ3n) is 4.32. The van der Waals surface area contributed by atoms with Crippen molar-refractivity contribution in [2.45, 2.75) is 13.5 Å². The average molecular weight is 376 g/mol. The Morgan fingerprint density at radius 1 is 0.889 bits per heavy atom. The lowest BCUT2D eigenvalue weighted by Crippen LogP contribution is -1.99. The first kappa shape index (κ1) is 17.3. The van der Waals surface area contributed by atoms with Crippen LogP contribution in [0.2, 0.25) is 5.02 Å². The van der Waals surface area contributed by atoms with Gasteiger partial charge in [-0.05, 0) is 43.3 Å². The molecule has 0 amide bonds. The molecule has 0 fully saturated rings. The van der Waals surface area contributed by atoms with E-state index in [1.807, 2.05) is 79.7 Å². The highest BCUT2D eigenvalue weighted by Crippen LogP contribution is 2.28. The van der Waals surface area contributed by atoms with Crippen LogP contribution in [0.3, 0.4) is 0 Å². The van der Waals surface area contributed by atoms with E-state index >= 15 is 0 Å². The molecule has 0 aliphatic carbocycles. The van der Waals surface area contributed by atoms with Gasteiger partial charge in [0.1, 0.15) is 12.4 Å². The molecule has 134 valence electrons. The van der Waals surface area contributed by atoms with Gasteiger partial charge >= 0.3 is 0 Å². The van der Waals surface area contributed by atoms with E-state index in [1.165, 1.54) is 0 Å². The molecule has 27 heavy (non-hydrogen) atoms. The fourth-order valence-electron chi connectivity index (χ4n) is 2.86. The van der Waals surface area contributed by atoms with Gasteiger partial charge in [-0.1, -0.05) is 48.0 Å². The van der Waals surface area contributed by atoms with Crippen molar-refractivity contribution in [3.63, 3.8) is 0 Å². The number of nitrogens with zero attached hydrogens (tertiary/aromatic N) is 2. The van der Waals surface area contributed by atoms with Crippen molar-refractivity contribution in [1.82, 2.24) is 10.2 Å². The van der Waals surface area contributed by atoms with Crippen LogP contribution in [0.5, 0.6) is 5.75 Å². The highest BCUT2D eigenvalue weighted by molar-refractivity contribution is 6.31. The Bertz CT molecular complexity index is 1080. The molecular weight excluding hydrogens is 358 g/mol. The van der Waals surface area contributed by atoms with Crippen molar-refractivity contribution in [2.24, 2.45) is 0 Å². The second-order valence-electron chi connectivity index (χ2n) is 6.21. The SMILES string of the molecule is Cc1nnc2ccccc2c1Nc1ccc(OCc2ccccc2Cl)cc1. The van der Waals surface area contributed by atoms with E-state index in [4.69, 9.17) is 16.3 Å². The summed E-state index contributed by atoms with van der Waals surface area (Å²) in [6, 6.07) is 23.5. The summed E-state index contributed by atoms with van der Waals surface area (Å²) in [6.45, 7) is 2.38. The quantitative estimate of drug-likeness (QED) is 0.470. The van der Waals surface area contributed by atoms with Crippen LogP contribution in [0.25, 0.3) is 10.9 Å². The van der Waals surface area contributed by atoms with E-state index in [0.29, 0.717) is 11.6 Å². The molecule has 0 aliphatic rings. The van der Waals surface area contributed by atoms with Crippen LogP contribution in [0, 0.1) is 6.92 Å². The number of ether oxygens (including phenoxy) is 1. The van der Waals surface area contributed by atoms with Crippen LogP contribution >= 0.6 is 11.6 Å². The van der Waals surface area contributed by atoms with Crippen LogP contribution in [0.1, 0.15) is 11.3 Å². The first-order valence-corrected chi connectivity index (χ1v) is 9.04. The Balaban J connectivity index is 1.50. The zero-order chi connectivity index (χ0) is 18.6. The van der Waals surface area contributed by atoms with Crippen LogP contribution in [0.15, 0.2) is 72.8 Å². The predicted octanol–water partition coefficient (Wildman–Crippen LogP) is 5.91. The van der Waals surface area contributed by atoms with Gasteiger partial charge in [-0.2, -0.15) is 10.2 Å². The summed E-state index contributed by atoms with van der Waals surface area (Å²) in [4.78, 5) is 0. The molecule has 3 aromatic carbocycles. The molecule has 0 saturated heterocycles. The van der Waals surface area contributed by atoms with E-state index < -0.39 is 0 Å². The lowest BCUT2D eigenvalue weighted by atomic mass is 10.1. The zero-order valence-electron chi connectivity index (χ0n) is 14.8. The topological polar surface area (TPSA) is 47.0 Å². The summed E-state index contributed by atoms with van der Waals surface area (Å²) in [5.74, 6) is 0.787. The Morgan fingerprint density at radius 2 is 1.63 bits per heavy atom. The second kappa shape index (κ2) is 7.64. The summed E-state index contributed by atoms with van der Waals surface area (Å²) >= 11 is 6.17. The van der Waals surface area contributed by atoms with Crippen molar-refractivity contribution in [2.75, 3.05) is 5.32 Å². The predicted molar refractivity (Wildman–Crippen MR) is 110 cm³/mol. The molecule has 0 spiro atoms. The number of aromatic nitrogens is 2. The van der Waals surface area contributed by atoms with Crippen molar-refractivity contribution in [1.29, 1.82) is 0 Å².